The van der Waals surface area contributed by atoms with Crippen molar-refractivity contribution in [2.24, 2.45) is 0 Å². The van der Waals surface area contributed by atoms with Crippen molar-refractivity contribution in [2.45, 2.75) is 12.0 Å². The number of para-hydroxylation sites is 1. The van der Waals surface area contributed by atoms with Crippen LogP contribution in [0.3, 0.4) is 0 Å². The number of nitrogens with zero attached hydrogens (tertiary/aromatic N) is 2. The van der Waals surface area contributed by atoms with Crippen molar-refractivity contribution in [1.29, 1.82) is 0 Å². The van der Waals surface area contributed by atoms with Gasteiger partial charge in [-0.15, -0.1) is 0 Å². The van der Waals surface area contributed by atoms with E-state index in [1.165, 1.54) is 0 Å². The number of carbonyl (C=O) groups is 1. The van der Waals surface area contributed by atoms with Gasteiger partial charge in [-0.2, -0.15) is 0 Å². The Kier molecular flexibility index (Phi) is 3.68. The van der Waals surface area contributed by atoms with Gasteiger partial charge in [0.25, 0.3) is 0 Å². The molecule has 2 aromatic heterocycles. The molecule has 7 heteroatoms. The first-order valence-corrected chi connectivity index (χ1v) is 10.7. The standard InChI is InChI=1S/C26H18N2O5/c29-25-26(14-30-22-12-24-23(11-19(22)26)31-15-32-24)18-3-1-2-4-20(18)28(25)13-17-5-6-21(33-17)16-7-9-27-10-8-16/h1-12H,13-15H2. The van der Waals surface area contributed by atoms with E-state index in [9.17, 15) is 4.79 Å². The van der Waals surface area contributed by atoms with E-state index in [0.29, 0.717) is 29.6 Å². The summed E-state index contributed by atoms with van der Waals surface area (Å²) in [5, 5.41) is 0. The van der Waals surface area contributed by atoms with Crippen LogP contribution in [0.25, 0.3) is 11.3 Å². The maximum Gasteiger partial charge on any atom is 0.246 e. The molecule has 1 atom stereocenters. The molecule has 33 heavy (non-hydrogen) atoms. The van der Waals surface area contributed by atoms with E-state index >= 15 is 0 Å². The minimum atomic E-state index is -0.923. The molecule has 0 radical (unpaired) electrons. The summed E-state index contributed by atoms with van der Waals surface area (Å²) in [6, 6.07) is 19.2. The molecule has 7 rings (SSSR count). The van der Waals surface area contributed by atoms with E-state index < -0.39 is 5.41 Å². The zero-order valence-corrected chi connectivity index (χ0v) is 17.5. The topological polar surface area (TPSA) is 74.0 Å². The molecule has 1 spiro atoms. The zero-order valence-electron chi connectivity index (χ0n) is 17.5. The van der Waals surface area contributed by atoms with Gasteiger partial charge in [0.15, 0.2) is 11.5 Å². The Morgan fingerprint density at radius 2 is 1.70 bits per heavy atom. The quantitative estimate of drug-likeness (QED) is 0.475. The Morgan fingerprint density at radius 1 is 0.879 bits per heavy atom. The van der Waals surface area contributed by atoms with Crippen molar-refractivity contribution in [1.82, 2.24) is 4.98 Å². The monoisotopic (exact) mass is 438 g/mol. The summed E-state index contributed by atoms with van der Waals surface area (Å²) in [7, 11) is 0. The van der Waals surface area contributed by atoms with Crippen LogP contribution in [0.2, 0.25) is 0 Å². The molecule has 0 aliphatic carbocycles. The fourth-order valence-corrected chi connectivity index (χ4v) is 5.01. The van der Waals surface area contributed by atoms with Gasteiger partial charge in [0.2, 0.25) is 12.7 Å². The van der Waals surface area contributed by atoms with Gasteiger partial charge in [-0.25, -0.2) is 0 Å². The molecule has 0 fully saturated rings. The van der Waals surface area contributed by atoms with Crippen molar-refractivity contribution in [3.63, 3.8) is 0 Å². The number of fused-ring (bicyclic) bond motifs is 5. The van der Waals surface area contributed by atoms with Crippen LogP contribution < -0.4 is 19.1 Å². The fraction of sp³-hybridized carbons (Fsp3) is 0.154. The van der Waals surface area contributed by atoms with E-state index in [4.69, 9.17) is 18.6 Å². The van der Waals surface area contributed by atoms with Crippen molar-refractivity contribution in [3.05, 3.63) is 89.9 Å². The summed E-state index contributed by atoms with van der Waals surface area (Å²) in [5.74, 6) is 3.33. The van der Waals surface area contributed by atoms with E-state index in [0.717, 1.165) is 28.1 Å². The Labute approximate surface area is 189 Å². The molecule has 4 aromatic rings. The van der Waals surface area contributed by atoms with E-state index in [2.05, 4.69) is 4.98 Å². The van der Waals surface area contributed by atoms with Gasteiger partial charge in [0.05, 0.1) is 6.54 Å². The normalized spacial score (nSPS) is 19.6. The molecule has 3 aliphatic heterocycles. The molecule has 0 bridgehead atoms. The Bertz CT molecular complexity index is 1410. The molecule has 1 amide bonds. The van der Waals surface area contributed by atoms with E-state index in [1.807, 2.05) is 60.7 Å². The summed E-state index contributed by atoms with van der Waals surface area (Å²) < 4.78 is 23.2. The summed E-state index contributed by atoms with van der Waals surface area (Å²) >= 11 is 0. The number of hydrogen-bond acceptors (Lipinski definition) is 6. The van der Waals surface area contributed by atoms with Crippen LogP contribution in [-0.4, -0.2) is 24.3 Å². The van der Waals surface area contributed by atoms with Crippen LogP contribution in [0.1, 0.15) is 16.9 Å². The molecule has 162 valence electrons. The van der Waals surface area contributed by atoms with E-state index in [-0.39, 0.29) is 19.3 Å². The third-order valence-corrected chi connectivity index (χ3v) is 6.58. The van der Waals surface area contributed by atoms with Crippen LogP contribution in [0.5, 0.6) is 17.2 Å². The second kappa shape index (κ2) is 6.62. The number of rotatable bonds is 3. The first kappa shape index (κ1) is 18.3. The highest BCUT2D eigenvalue weighted by Crippen LogP contribution is 2.55. The zero-order chi connectivity index (χ0) is 22.0. The second-order valence-corrected chi connectivity index (χ2v) is 8.31. The SMILES string of the molecule is O=C1N(Cc2ccc(-c3ccncc3)o2)c2ccccc2C12COc1cc3c(cc12)OCO3. The van der Waals surface area contributed by atoms with Gasteiger partial charge in [0, 0.05) is 35.3 Å². The van der Waals surface area contributed by atoms with Crippen LogP contribution in [-0.2, 0) is 16.8 Å². The summed E-state index contributed by atoms with van der Waals surface area (Å²) in [5.41, 5.74) is 2.61. The minimum Gasteiger partial charge on any atom is -0.491 e. The number of pyridine rings is 1. The number of aromatic nitrogens is 1. The maximum absolute atomic E-state index is 14.1. The summed E-state index contributed by atoms with van der Waals surface area (Å²) in [6.07, 6.45) is 3.45. The predicted molar refractivity (Wildman–Crippen MR) is 118 cm³/mol. The fourth-order valence-electron chi connectivity index (χ4n) is 5.01. The largest absolute Gasteiger partial charge is 0.491 e. The lowest BCUT2D eigenvalue weighted by molar-refractivity contribution is -0.122. The number of anilines is 1. The highest BCUT2D eigenvalue weighted by molar-refractivity contribution is 6.11. The first-order valence-electron chi connectivity index (χ1n) is 10.7. The van der Waals surface area contributed by atoms with Gasteiger partial charge < -0.3 is 23.5 Å². The van der Waals surface area contributed by atoms with Gasteiger partial charge in [0.1, 0.15) is 29.3 Å². The highest BCUT2D eigenvalue weighted by Gasteiger charge is 2.57. The smallest absolute Gasteiger partial charge is 0.246 e. The maximum atomic E-state index is 14.1. The van der Waals surface area contributed by atoms with Gasteiger partial charge >= 0.3 is 0 Å². The number of ether oxygens (including phenoxy) is 3. The van der Waals surface area contributed by atoms with Gasteiger partial charge in [-0.05, 0) is 42.0 Å². The molecule has 0 saturated heterocycles. The lowest BCUT2D eigenvalue weighted by Gasteiger charge is -2.22. The average molecular weight is 438 g/mol. The summed E-state index contributed by atoms with van der Waals surface area (Å²) in [4.78, 5) is 19.9. The lowest BCUT2D eigenvalue weighted by atomic mass is 9.77. The van der Waals surface area contributed by atoms with Crippen LogP contribution in [0.4, 0.5) is 5.69 Å². The summed E-state index contributed by atoms with van der Waals surface area (Å²) in [6.45, 7) is 0.723. The third-order valence-electron chi connectivity index (χ3n) is 6.58. The van der Waals surface area contributed by atoms with Crippen LogP contribution >= 0.6 is 0 Å². The molecule has 3 aliphatic rings. The predicted octanol–water partition coefficient (Wildman–Crippen LogP) is 4.30. The number of amides is 1. The van der Waals surface area contributed by atoms with Crippen LogP contribution in [0, 0.1) is 0 Å². The number of benzene rings is 2. The number of carbonyl (C=O) groups excluding carboxylic acids is 1. The van der Waals surface area contributed by atoms with Gasteiger partial charge in [-0.3, -0.25) is 9.78 Å². The molecule has 1 unspecified atom stereocenters. The Balaban J connectivity index is 1.30. The molecular weight excluding hydrogens is 420 g/mol. The molecule has 7 nitrogen and oxygen atoms in total. The van der Waals surface area contributed by atoms with Crippen molar-refractivity contribution in [2.75, 3.05) is 18.3 Å². The Morgan fingerprint density at radius 3 is 2.58 bits per heavy atom. The molecule has 5 heterocycles. The molecular formula is C26H18N2O5. The van der Waals surface area contributed by atoms with Gasteiger partial charge in [-0.1, -0.05) is 18.2 Å². The lowest BCUT2D eigenvalue weighted by Crippen LogP contribution is -2.42. The number of furan rings is 1. The van der Waals surface area contributed by atoms with Crippen molar-refractivity contribution >= 4 is 11.6 Å². The van der Waals surface area contributed by atoms with Crippen molar-refractivity contribution in [3.8, 4) is 28.6 Å². The third kappa shape index (κ3) is 2.50. The van der Waals surface area contributed by atoms with Crippen molar-refractivity contribution < 1.29 is 23.4 Å². The first-order chi connectivity index (χ1) is 16.2. The molecule has 0 N–H and O–H groups in total. The number of hydrogen-bond donors (Lipinski definition) is 0. The average Bonchev–Trinajstić information content (AvgIpc) is 3.63. The highest BCUT2D eigenvalue weighted by atomic mass is 16.7. The second-order valence-electron chi connectivity index (χ2n) is 8.31. The van der Waals surface area contributed by atoms with E-state index in [1.54, 1.807) is 17.3 Å². The minimum absolute atomic E-state index is 0.0387. The van der Waals surface area contributed by atoms with Crippen LogP contribution in [0.15, 0.2) is 77.5 Å². The molecule has 2 aromatic carbocycles. The Hall–Kier alpha value is -4.26. The molecule has 0 saturated carbocycles.